The van der Waals surface area contributed by atoms with Gasteiger partial charge in [0, 0.05) is 33.1 Å². The molecule has 1 nitrogen and oxygen atoms in total. The Hall–Kier alpha value is -6.44. The monoisotopic (exact) mass is 746 g/mol. The van der Waals surface area contributed by atoms with Crippen LogP contribution in [-0.4, -0.2) is 0 Å². The lowest BCUT2D eigenvalue weighted by Crippen LogP contribution is -2.16. The van der Waals surface area contributed by atoms with Crippen LogP contribution >= 0.6 is 0 Å². The van der Waals surface area contributed by atoms with Crippen molar-refractivity contribution in [3.63, 3.8) is 0 Å². The molecule has 0 spiro atoms. The molecule has 0 aliphatic heterocycles. The second-order valence-corrected chi connectivity index (χ2v) is 17.6. The molecule has 0 saturated carbocycles. The van der Waals surface area contributed by atoms with Crippen molar-refractivity contribution < 1.29 is 4.42 Å². The van der Waals surface area contributed by atoms with Crippen LogP contribution in [0, 0.1) is 0 Å². The second-order valence-electron chi connectivity index (χ2n) is 17.6. The molecular formula is C57H46O. The molecule has 0 bridgehead atoms. The van der Waals surface area contributed by atoms with Gasteiger partial charge in [-0.25, -0.2) is 0 Å². The van der Waals surface area contributed by atoms with Gasteiger partial charge in [0.05, 0.1) is 0 Å². The van der Waals surface area contributed by atoms with Gasteiger partial charge in [-0.05, 0) is 103 Å². The minimum absolute atomic E-state index is 0.0443. The summed E-state index contributed by atoms with van der Waals surface area (Å²) in [5, 5.41) is 2.33. The highest BCUT2D eigenvalue weighted by Crippen LogP contribution is 2.52. The molecule has 0 saturated heterocycles. The Labute approximate surface area is 341 Å². The number of para-hydroxylation sites is 2. The molecule has 1 heterocycles. The van der Waals surface area contributed by atoms with Gasteiger partial charge in [0.25, 0.3) is 0 Å². The summed E-state index contributed by atoms with van der Waals surface area (Å²) in [6, 6.07) is 65.6. The summed E-state index contributed by atoms with van der Waals surface area (Å²) in [5.74, 6) is 0.246. The number of hydrogen-bond acceptors (Lipinski definition) is 1. The maximum absolute atomic E-state index is 6.47. The first-order valence-electron chi connectivity index (χ1n) is 20.8. The van der Waals surface area contributed by atoms with Crippen LogP contribution in [0.1, 0.15) is 79.0 Å². The standard InChI is InChI=1S/C57H46O/c1-56(2)50-22-10-8-18-44(50)45-30-26-41(35-53(45)56)42(39-17-12-16-38(33-39)37-14-6-5-7-15-37)28-24-36-25-29-46-49-34-40(27-31-51(49)57(3,4)52(46)32-36)43-20-13-21-48-47-19-9-11-23-54(47)58-55(43)48/h5-23,25-27,29-35,42H,24,28H2,1-4H3. The van der Waals surface area contributed by atoms with Crippen molar-refractivity contribution in [1.82, 2.24) is 0 Å². The zero-order chi connectivity index (χ0) is 39.2. The van der Waals surface area contributed by atoms with Gasteiger partial charge < -0.3 is 4.42 Å². The molecular weight excluding hydrogens is 701 g/mol. The fraction of sp³-hybridized carbons (Fsp3) is 0.158. The smallest absolute Gasteiger partial charge is 0.143 e. The summed E-state index contributed by atoms with van der Waals surface area (Å²) in [4.78, 5) is 0. The third kappa shape index (κ3) is 5.37. The first-order chi connectivity index (χ1) is 28.3. The summed E-state index contributed by atoms with van der Waals surface area (Å²) in [7, 11) is 0. The van der Waals surface area contributed by atoms with Crippen LogP contribution in [0.2, 0.25) is 0 Å². The van der Waals surface area contributed by atoms with E-state index in [1.54, 1.807) is 0 Å². The summed E-state index contributed by atoms with van der Waals surface area (Å²) >= 11 is 0. The summed E-state index contributed by atoms with van der Waals surface area (Å²) in [6.07, 6.45) is 2.00. The summed E-state index contributed by atoms with van der Waals surface area (Å²) < 4.78 is 6.47. The number of rotatable bonds is 7. The molecule has 0 amide bonds. The molecule has 1 aromatic heterocycles. The van der Waals surface area contributed by atoms with Crippen LogP contribution in [0.25, 0.3) is 66.4 Å². The third-order valence-electron chi connectivity index (χ3n) is 13.6. The topological polar surface area (TPSA) is 13.1 Å². The van der Waals surface area contributed by atoms with Crippen LogP contribution in [0.4, 0.5) is 0 Å². The molecule has 280 valence electrons. The molecule has 1 heteroatoms. The van der Waals surface area contributed by atoms with Crippen molar-refractivity contribution in [3.8, 4) is 44.5 Å². The first kappa shape index (κ1) is 34.8. The van der Waals surface area contributed by atoms with Crippen molar-refractivity contribution >= 4 is 21.9 Å². The van der Waals surface area contributed by atoms with Gasteiger partial charge in [-0.3, -0.25) is 0 Å². The summed E-state index contributed by atoms with van der Waals surface area (Å²) in [5.41, 5.74) is 21.8. The molecule has 1 unspecified atom stereocenters. The van der Waals surface area contributed by atoms with E-state index < -0.39 is 0 Å². The van der Waals surface area contributed by atoms with E-state index in [1.165, 1.54) is 77.9 Å². The van der Waals surface area contributed by atoms with Crippen LogP contribution in [0.5, 0.6) is 0 Å². The largest absolute Gasteiger partial charge is 0.455 e. The van der Waals surface area contributed by atoms with Crippen molar-refractivity contribution in [2.75, 3.05) is 0 Å². The fourth-order valence-electron chi connectivity index (χ4n) is 10.4. The van der Waals surface area contributed by atoms with Gasteiger partial charge in [0.15, 0.2) is 0 Å². The number of aryl methyl sites for hydroxylation is 1. The first-order valence-corrected chi connectivity index (χ1v) is 20.8. The number of hydrogen-bond donors (Lipinski definition) is 0. The Bertz CT molecular complexity index is 3060. The Morgan fingerprint density at radius 1 is 0.414 bits per heavy atom. The molecule has 58 heavy (non-hydrogen) atoms. The van der Waals surface area contributed by atoms with E-state index in [-0.39, 0.29) is 16.7 Å². The van der Waals surface area contributed by atoms with Crippen LogP contribution in [0.15, 0.2) is 180 Å². The molecule has 11 rings (SSSR count). The second kappa shape index (κ2) is 13.0. The molecule has 0 radical (unpaired) electrons. The minimum atomic E-state index is -0.103. The Morgan fingerprint density at radius 2 is 1.05 bits per heavy atom. The Balaban J connectivity index is 0.953. The molecule has 0 N–H and O–H groups in total. The molecule has 2 aliphatic rings. The predicted molar refractivity (Wildman–Crippen MR) is 243 cm³/mol. The highest BCUT2D eigenvalue weighted by Gasteiger charge is 2.37. The zero-order valence-electron chi connectivity index (χ0n) is 33.6. The normalized spacial score (nSPS) is 14.9. The maximum atomic E-state index is 6.47. The molecule has 2 aliphatic carbocycles. The maximum Gasteiger partial charge on any atom is 0.143 e. The summed E-state index contributed by atoms with van der Waals surface area (Å²) in [6.45, 7) is 9.56. The third-order valence-corrected chi connectivity index (χ3v) is 13.6. The van der Waals surface area contributed by atoms with E-state index in [4.69, 9.17) is 4.42 Å². The van der Waals surface area contributed by atoms with E-state index >= 15 is 0 Å². The van der Waals surface area contributed by atoms with E-state index in [0.717, 1.165) is 40.3 Å². The van der Waals surface area contributed by atoms with Crippen LogP contribution in [-0.2, 0) is 17.3 Å². The van der Waals surface area contributed by atoms with E-state index in [1.807, 2.05) is 6.07 Å². The van der Waals surface area contributed by atoms with Crippen LogP contribution < -0.4 is 0 Å². The van der Waals surface area contributed by atoms with Gasteiger partial charge in [-0.15, -0.1) is 0 Å². The lowest BCUT2D eigenvalue weighted by Gasteiger charge is -2.25. The molecule has 1 atom stereocenters. The lowest BCUT2D eigenvalue weighted by molar-refractivity contribution is 0.652. The van der Waals surface area contributed by atoms with Crippen molar-refractivity contribution in [2.45, 2.75) is 57.3 Å². The number of benzene rings is 8. The average Bonchev–Trinajstić information content (AvgIpc) is 3.83. The van der Waals surface area contributed by atoms with Gasteiger partial charge in [-0.2, -0.15) is 0 Å². The van der Waals surface area contributed by atoms with Crippen molar-refractivity contribution in [2.24, 2.45) is 0 Å². The quantitative estimate of drug-likeness (QED) is 0.158. The van der Waals surface area contributed by atoms with Gasteiger partial charge in [-0.1, -0.05) is 191 Å². The Morgan fingerprint density at radius 3 is 1.93 bits per heavy atom. The van der Waals surface area contributed by atoms with Crippen molar-refractivity contribution in [1.29, 1.82) is 0 Å². The molecule has 0 fully saturated rings. The predicted octanol–water partition coefficient (Wildman–Crippen LogP) is 15.3. The molecule has 9 aromatic rings. The molecule has 8 aromatic carbocycles. The van der Waals surface area contributed by atoms with E-state index in [9.17, 15) is 0 Å². The number of fused-ring (bicyclic) bond motifs is 9. The Kier molecular flexibility index (Phi) is 7.82. The SMILES string of the molecule is CC1(C)c2ccc(-c3cccc4c3oc3ccccc34)cc2-c2ccc(CCC(c3cccc(-c4ccccc4)c3)c3ccc4c(c3)C(C)(C)c3ccccc3-4)cc21. The fourth-order valence-corrected chi connectivity index (χ4v) is 10.4. The average molecular weight is 747 g/mol. The lowest BCUT2D eigenvalue weighted by atomic mass is 9.79. The van der Waals surface area contributed by atoms with Gasteiger partial charge >= 0.3 is 0 Å². The van der Waals surface area contributed by atoms with Gasteiger partial charge in [0.2, 0.25) is 0 Å². The van der Waals surface area contributed by atoms with Crippen LogP contribution in [0.3, 0.4) is 0 Å². The number of furan rings is 1. The van der Waals surface area contributed by atoms with E-state index in [0.29, 0.717) is 0 Å². The van der Waals surface area contributed by atoms with Crippen molar-refractivity contribution in [3.05, 3.63) is 215 Å². The van der Waals surface area contributed by atoms with E-state index in [2.05, 4.69) is 198 Å². The minimum Gasteiger partial charge on any atom is -0.455 e. The van der Waals surface area contributed by atoms with Gasteiger partial charge in [0.1, 0.15) is 11.2 Å². The highest BCUT2D eigenvalue weighted by atomic mass is 16.3. The highest BCUT2D eigenvalue weighted by molar-refractivity contribution is 6.09. The zero-order valence-corrected chi connectivity index (χ0v) is 33.6.